The number of hydrogen-bond donors (Lipinski definition) is 2. The van der Waals surface area contributed by atoms with Crippen molar-refractivity contribution in [2.75, 3.05) is 47.4 Å². The van der Waals surface area contributed by atoms with Crippen molar-refractivity contribution in [3.63, 3.8) is 0 Å². The number of carbonyl (C=O) groups is 1. The Bertz CT molecular complexity index is 262. The summed E-state index contributed by atoms with van der Waals surface area (Å²) in [4.78, 5) is 17.6. The number of ether oxygens (including phenoxy) is 1. The highest BCUT2D eigenvalue weighted by atomic mass is 127. The molecule has 114 valence electrons. The zero-order valence-electron chi connectivity index (χ0n) is 12.4. The van der Waals surface area contributed by atoms with Crippen molar-refractivity contribution in [2.24, 2.45) is 4.99 Å². The molecule has 7 heteroatoms. The molecule has 0 fully saturated rings. The van der Waals surface area contributed by atoms with E-state index in [1.54, 1.807) is 14.2 Å². The van der Waals surface area contributed by atoms with E-state index in [2.05, 4.69) is 22.5 Å². The zero-order valence-corrected chi connectivity index (χ0v) is 14.7. The van der Waals surface area contributed by atoms with Crippen LogP contribution >= 0.6 is 24.0 Å². The first-order valence-corrected chi connectivity index (χ1v) is 6.33. The van der Waals surface area contributed by atoms with Gasteiger partial charge < -0.3 is 20.3 Å². The van der Waals surface area contributed by atoms with E-state index in [1.807, 2.05) is 11.9 Å². The van der Waals surface area contributed by atoms with Crippen LogP contribution in [0.2, 0.25) is 0 Å². The summed E-state index contributed by atoms with van der Waals surface area (Å²) in [6, 6.07) is 0. The van der Waals surface area contributed by atoms with Gasteiger partial charge >= 0.3 is 0 Å². The number of carbonyl (C=O) groups excluding carboxylic acids is 1. The third-order valence-corrected chi connectivity index (χ3v) is 2.46. The Balaban J connectivity index is 0. The highest BCUT2D eigenvalue weighted by Gasteiger charge is 2.07. The fourth-order valence-corrected chi connectivity index (χ4v) is 1.40. The van der Waals surface area contributed by atoms with Crippen LogP contribution in [0.25, 0.3) is 0 Å². The zero-order chi connectivity index (χ0) is 13.8. The summed E-state index contributed by atoms with van der Waals surface area (Å²) < 4.78 is 4.85. The molecule has 2 N–H and O–H groups in total. The van der Waals surface area contributed by atoms with Crippen LogP contribution in [-0.2, 0) is 9.53 Å². The van der Waals surface area contributed by atoms with E-state index in [0.717, 1.165) is 25.3 Å². The molecule has 0 saturated heterocycles. The molecule has 0 unspecified atom stereocenters. The van der Waals surface area contributed by atoms with Gasteiger partial charge in [-0.2, -0.15) is 0 Å². The lowest BCUT2D eigenvalue weighted by Crippen LogP contribution is -2.44. The second-order valence-corrected chi connectivity index (χ2v) is 4.02. The van der Waals surface area contributed by atoms with E-state index in [4.69, 9.17) is 4.74 Å². The lowest BCUT2D eigenvalue weighted by Gasteiger charge is -2.21. The van der Waals surface area contributed by atoms with E-state index >= 15 is 0 Å². The molecule has 19 heavy (non-hydrogen) atoms. The van der Waals surface area contributed by atoms with Crippen molar-refractivity contribution in [3.05, 3.63) is 0 Å². The van der Waals surface area contributed by atoms with E-state index in [-0.39, 0.29) is 36.4 Å². The van der Waals surface area contributed by atoms with E-state index in [9.17, 15) is 4.79 Å². The molecule has 0 aliphatic rings. The third-order valence-electron chi connectivity index (χ3n) is 2.46. The highest BCUT2D eigenvalue weighted by Crippen LogP contribution is 1.92. The smallest absolute Gasteiger partial charge is 0.239 e. The van der Waals surface area contributed by atoms with Gasteiger partial charge in [0.1, 0.15) is 0 Å². The SMILES string of the molecule is CCCCN(C)C(=NC)NCC(=O)NCCOC.I. The second-order valence-electron chi connectivity index (χ2n) is 4.02. The first-order valence-electron chi connectivity index (χ1n) is 6.33. The molecule has 0 radical (unpaired) electrons. The van der Waals surface area contributed by atoms with Crippen molar-refractivity contribution in [1.29, 1.82) is 0 Å². The number of hydrogen-bond acceptors (Lipinski definition) is 3. The molecule has 0 atom stereocenters. The summed E-state index contributed by atoms with van der Waals surface area (Å²) in [7, 11) is 5.29. The number of unbranched alkanes of at least 4 members (excludes halogenated alkanes) is 1. The van der Waals surface area contributed by atoms with Crippen molar-refractivity contribution >= 4 is 35.8 Å². The maximum atomic E-state index is 11.5. The van der Waals surface area contributed by atoms with Crippen LogP contribution in [0, 0.1) is 0 Å². The number of nitrogens with one attached hydrogen (secondary N) is 2. The first-order chi connectivity index (χ1) is 8.65. The Kier molecular flexibility index (Phi) is 15.1. The van der Waals surface area contributed by atoms with Crippen LogP contribution in [0.3, 0.4) is 0 Å². The Labute approximate surface area is 133 Å². The number of guanidine groups is 1. The van der Waals surface area contributed by atoms with Gasteiger partial charge in [-0.1, -0.05) is 13.3 Å². The summed E-state index contributed by atoms with van der Waals surface area (Å²) in [6.45, 7) is 4.36. The van der Waals surface area contributed by atoms with Crippen LogP contribution in [0.15, 0.2) is 4.99 Å². The fourth-order valence-electron chi connectivity index (χ4n) is 1.40. The summed E-state index contributed by atoms with van der Waals surface area (Å²) in [6.07, 6.45) is 2.25. The van der Waals surface area contributed by atoms with Crippen molar-refractivity contribution < 1.29 is 9.53 Å². The van der Waals surface area contributed by atoms with Gasteiger partial charge in [-0.05, 0) is 6.42 Å². The van der Waals surface area contributed by atoms with Gasteiger partial charge in [0.15, 0.2) is 5.96 Å². The molecule has 0 bridgehead atoms. The number of nitrogens with zero attached hydrogens (tertiary/aromatic N) is 2. The van der Waals surface area contributed by atoms with Gasteiger partial charge in [-0.15, -0.1) is 24.0 Å². The highest BCUT2D eigenvalue weighted by molar-refractivity contribution is 14.0. The number of rotatable bonds is 8. The minimum absolute atomic E-state index is 0. The van der Waals surface area contributed by atoms with E-state index in [0.29, 0.717) is 13.2 Å². The lowest BCUT2D eigenvalue weighted by molar-refractivity contribution is -0.120. The molecule has 0 heterocycles. The minimum Gasteiger partial charge on any atom is -0.383 e. The third kappa shape index (κ3) is 11.0. The molecule has 1 amide bonds. The molecule has 0 aliphatic heterocycles. The van der Waals surface area contributed by atoms with E-state index < -0.39 is 0 Å². The number of halogens is 1. The van der Waals surface area contributed by atoms with Crippen molar-refractivity contribution in [1.82, 2.24) is 15.5 Å². The average Bonchev–Trinajstić information content (AvgIpc) is 2.37. The predicted octanol–water partition coefficient (Wildman–Crippen LogP) is 0.674. The molecule has 0 aliphatic carbocycles. The molecule has 0 aromatic rings. The maximum absolute atomic E-state index is 11.5. The van der Waals surface area contributed by atoms with E-state index in [1.165, 1.54) is 0 Å². The second kappa shape index (κ2) is 13.9. The molecule has 6 nitrogen and oxygen atoms in total. The van der Waals surface area contributed by atoms with Gasteiger partial charge in [0.2, 0.25) is 5.91 Å². The summed E-state index contributed by atoms with van der Waals surface area (Å²) in [5.41, 5.74) is 0. The molecule has 0 spiro atoms. The van der Waals surface area contributed by atoms with Crippen LogP contribution in [0.5, 0.6) is 0 Å². The number of methoxy groups -OCH3 is 1. The lowest BCUT2D eigenvalue weighted by atomic mass is 10.3. The Morgan fingerprint density at radius 1 is 1.37 bits per heavy atom. The summed E-state index contributed by atoms with van der Waals surface area (Å²) in [5, 5.41) is 5.77. The Hall–Kier alpha value is -0.570. The van der Waals surface area contributed by atoms with Gasteiger partial charge in [-0.25, -0.2) is 0 Å². The van der Waals surface area contributed by atoms with Crippen molar-refractivity contribution in [3.8, 4) is 0 Å². The average molecular weight is 386 g/mol. The maximum Gasteiger partial charge on any atom is 0.239 e. The first kappa shape index (κ1) is 20.7. The monoisotopic (exact) mass is 386 g/mol. The van der Waals surface area contributed by atoms with Gasteiger partial charge in [-0.3, -0.25) is 9.79 Å². The largest absolute Gasteiger partial charge is 0.383 e. The van der Waals surface area contributed by atoms with Crippen LogP contribution < -0.4 is 10.6 Å². The van der Waals surface area contributed by atoms with Gasteiger partial charge in [0.05, 0.1) is 13.2 Å². The summed E-state index contributed by atoms with van der Waals surface area (Å²) >= 11 is 0. The standard InChI is InChI=1S/C12H26N4O2.HI/c1-5-6-8-16(3)12(13-2)15-10-11(17)14-7-9-18-4;/h5-10H2,1-4H3,(H,13,15)(H,14,17);1H. The quantitative estimate of drug-likeness (QED) is 0.279. The Morgan fingerprint density at radius 2 is 2.05 bits per heavy atom. The van der Waals surface area contributed by atoms with Crippen LogP contribution in [-0.4, -0.2) is 64.2 Å². The Morgan fingerprint density at radius 3 is 2.58 bits per heavy atom. The normalized spacial score (nSPS) is 10.6. The molecule has 0 saturated carbocycles. The molecule has 0 aromatic heterocycles. The van der Waals surface area contributed by atoms with Crippen LogP contribution in [0.4, 0.5) is 0 Å². The predicted molar refractivity (Wildman–Crippen MR) is 89.2 cm³/mol. The molecule has 0 aromatic carbocycles. The number of amides is 1. The molecule has 0 rings (SSSR count). The molecular formula is C12H27IN4O2. The minimum atomic E-state index is -0.0582. The van der Waals surface area contributed by atoms with Crippen molar-refractivity contribution in [2.45, 2.75) is 19.8 Å². The number of aliphatic imine (C=N–C) groups is 1. The van der Waals surface area contributed by atoms with Gasteiger partial charge in [0.25, 0.3) is 0 Å². The molecular weight excluding hydrogens is 359 g/mol. The van der Waals surface area contributed by atoms with Crippen LogP contribution in [0.1, 0.15) is 19.8 Å². The topological polar surface area (TPSA) is 66.0 Å². The fraction of sp³-hybridized carbons (Fsp3) is 0.833. The summed E-state index contributed by atoms with van der Waals surface area (Å²) in [5.74, 6) is 0.683. The van der Waals surface area contributed by atoms with Gasteiger partial charge in [0, 0.05) is 34.3 Å².